The summed E-state index contributed by atoms with van der Waals surface area (Å²) in [5.41, 5.74) is 3.23. The van der Waals surface area contributed by atoms with Gasteiger partial charge >= 0.3 is 5.97 Å². The summed E-state index contributed by atoms with van der Waals surface area (Å²) >= 11 is 0. The summed E-state index contributed by atoms with van der Waals surface area (Å²) in [7, 11) is 0. The maximum Gasteiger partial charge on any atom is 0.327 e. The second-order valence-electron chi connectivity index (χ2n) is 5.59. The van der Waals surface area contributed by atoms with Crippen molar-refractivity contribution in [1.29, 1.82) is 0 Å². The van der Waals surface area contributed by atoms with Crippen LogP contribution in [0, 0.1) is 13.8 Å². The van der Waals surface area contributed by atoms with Crippen molar-refractivity contribution < 1.29 is 14.3 Å². The van der Waals surface area contributed by atoms with Crippen molar-refractivity contribution in [3.63, 3.8) is 0 Å². The molecule has 1 heterocycles. The highest BCUT2D eigenvalue weighted by molar-refractivity contribution is 5.78. The Kier molecular flexibility index (Phi) is 5.76. The van der Waals surface area contributed by atoms with Gasteiger partial charge in [0.2, 0.25) is 0 Å². The molecule has 2 rings (SSSR count). The van der Waals surface area contributed by atoms with Crippen LogP contribution in [-0.2, 0) is 14.3 Å². The molecule has 0 aliphatic carbocycles. The van der Waals surface area contributed by atoms with Gasteiger partial charge in [-0.25, -0.2) is 4.79 Å². The first-order valence-corrected chi connectivity index (χ1v) is 7.70. The number of rotatable bonds is 6. The summed E-state index contributed by atoms with van der Waals surface area (Å²) in [4.78, 5) is 12.3. The molecular formula is C17H25NO3. The summed E-state index contributed by atoms with van der Waals surface area (Å²) in [5, 5.41) is 3.33. The highest BCUT2D eigenvalue weighted by atomic mass is 16.5. The van der Waals surface area contributed by atoms with E-state index in [0.29, 0.717) is 13.2 Å². The Bertz CT molecular complexity index is 481. The van der Waals surface area contributed by atoms with E-state index in [2.05, 4.69) is 17.4 Å². The number of hydrogen-bond acceptors (Lipinski definition) is 4. The lowest BCUT2D eigenvalue weighted by molar-refractivity contribution is -0.146. The number of hydrogen-bond donors (Lipinski definition) is 1. The van der Waals surface area contributed by atoms with Crippen LogP contribution in [0.1, 0.15) is 42.5 Å². The second-order valence-corrected chi connectivity index (χ2v) is 5.59. The van der Waals surface area contributed by atoms with Crippen molar-refractivity contribution in [2.45, 2.75) is 45.8 Å². The molecule has 2 atom stereocenters. The first kappa shape index (κ1) is 16.0. The van der Waals surface area contributed by atoms with Crippen molar-refractivity contribution in [2.24, 2.45) is 0 Å². The van der Waals surface area contributed by atoms with Crippen LogP contribution in [0.3, 0.4) is 0 Å². The standard InChI is InChI=1S/C17H25NO3/c1-4-20-17(19)16(18-11-14-6-5-9-21-14)15-10-12(2)7-8-13(15)3/h7-8,10,14,16,18H,4-6,9,11H2,1-3H3. The van der Waals surface area contributed by atoms with Crippen LogP contribution in [0.25, 0.3) is 0 Å². The number of nitrogens with one attached hydrogen (secondary N) is 1. The summed E-state index contributed by atoms with van der Waals surface area (Å²) < 4.78 is 10.8. The molecule has 1 N–H and O–H groups in total. The van der Waals surface area contributed by atoms with Gasteiger partial charge in [0.15, 0.2) is 0 Å². The third-order valence-corrected chi connectivity index (χ3v) is 3.84. The van der Waals surface area contributed by atoms with E-state index in [0.717, 1.165) is 36.1 Å². The number of carbonyl (C=O) groups is 1. The SMILES string of the molecule is CCOC(=O)C(NCC1CCCO1)c1cc(C)ccc1C. The quantitative estimate of drug-likeness (QED) is 0.819. The zero-order valence-electron chi connectivity index (χ0n) is 13.1. The molecule has 116 valence electrons. The Balaban J connectivity index is 2.14. The highest BCUT2D eigenvalue weighted by Crippen LogP contribution is 2.22. The Morgan fingerprint density at radius 2 is 2.29 bits per heavy atom. The Hall–Kier alpha value is -1.39. The summed E-state index contributed by atoms with van der Waals surface area (Å²) in [6.45, 7) is 7.77. The predicted molar refractivity (Wildman–Crippen MR) is 82.3 cm³/mol. The van der Waals surface area contributed by atoms with Crippen LogP contribution in [0.2, 0.25) is 0 Å². The van der Waals surface area contributed by atoms with E-state index in [-0.39, 0.29) is 12.1 Å². The van der Waals surface area contributed by atoms with Gasteiger partial charge < -0.3 is 9.47 Å². The van der Waals surface area contributed by atoms with E-state index in [1.54, 1.807) is 0 Å². The van der Waals surface area contributed by atoms with Crippen molar-refractivity contribution in [3.05, 3.63) is 34.9 Å². The van der Waals surface area contributed by atoms with Gasteiger partial charge in [-0.15, -0.1) is 0 Å². The van der Waals surface area contributed by atoms with Crippen LogP contribution in [0.4, 0.5) is 0 Å². The maximum atomic E-state index is 12.3. The van der Waals surface area contributed by atoms with Gasteiger partial charge in [-0.3, -0.25) is 5.32 Å². The summed E-state index contributed by atoms with van der Waals surface area (Å²) in [5.74, 6) is -0.218. The number of ether oxygens (including phenoxy) is 2. The van der Waals surface area contributed by atoms with E-state index in [9.17, 15) is 4.79 Å². The lowest BCUT2D eigenvalue weighted by atomic mass is 9.98. The van der Waals surface area contributed by atoms with Crippen LogP contribution in [-0.4, -0.2) is 31.8 Å². The number of esters is 1. The van der Waals surface area contributed by atoms with E-state index < -0.39 is 6.04 Å². The molecule has 1 aromatic carbocycles. The molecule has 1 saturated heterocycles. The molecule has 1 aromatic rings. The molecule has 0 spiro atoms. The van der Waals surface area contributed by atoms with Crippen molar-refractivity contribution in [3.8, 4) is 0 Å². The summed E-state index contributed by atoms with van der Waals surface area (Å²) in [6, 6.07) is 5.74. The van der Waals surface area contributed by atoms with Crippen LogP contribution in [0.5, 0.6) is 0 Å². The predicted octanol–water partition coefficient (Wildman–Crippen LogP) is 2.68. The highest BCUT2D eigenvalue weighted by Gasteiger charge is 2.25. The molecule has 1 aliphatic heterocycles. The monoisotopic (exact) mass is 291 g/mol. The Labute approximate surface area is 126 Å². The molecule has 0 aromatic heterocycles. The molecule has 21 heavy (non-hydrogen) atoms. The third-order valence-electron chi connectivity index (χ3n) is 3.84. The fourth-order valence-corrected chi connectivity index (χ4v) is 2.67. The zero-order valence-corrected chi connectivity index (χ0v) is 13.1. The third kappa shape index (κ3) is 4.29. The van der Waals surface area contributed by atoms with Crippen molar-refractivity contribution >= 4 is 5.97 Å². The van der Waals surface area contributed by atoms with Crippen LogP contribution < -0.4 is 5.32 Å². The smallest absolute Gasteiger partial charge is 0.327 e. The maximum absolute atomic E-state index is 12.3. The minimum absolute atomic E-state index is 0.201. The van der Waals surface area contributed by atoms with Gasteiger partial charge in [-0.2, -0.15) is 0 Å². The normalized spacial score (nSPS) is 19.5. The second kappa shape index (κ2) is 7.57. The Morgan fingerprint density at radius 1 is 1.48 bits per heavy atom. The average Bonchev–Trinajstić information content (AvgIpc) is 2.96. The van der Waals surface area contributed by atoms with Crippen molar-refractivity contribution in [2.75, 3.05) is 19.8 Å². The van der Waals surface area contributed by atoms with E-state index >= 15 is 0 Å². The van der Waals surface area contributed by atoms with Crippen molar-refractivity contribution in [1.82, 2.24) is 5.32 Å². The number of aryl methyl sites for hydroxylation is 2. The molecule has 4 nitrogen and oxygen atoms in total. The molecular weight excluding hydrogens is 266 g/mol. The van der Waals surface area contributed by atoms with E-state index in [1.807, 2.05) is 26.8 Å². The minimum atomic E-state index is -0.422. The van der Waals surface area contributed by atoms with E-state index in [4.69, 9.17) is 9.47 Å². The van der Waals surface area contributed by atoms with Crippen LogP contribution >= 0.6 is 0 Å². The molecule has 0 bridgehead atoms. The zero-order chi connectivity index (χ0) is 15.2. The lowest BCUT2D eigenvalue weighted by Crippen LogP contribution is -2.36. The molecule has 4 heteroatoms. The van der Waals surface area contributed by atoms with Gasteiger partial charge in [0, 0.05) is 13.2 Å². The molecule has 1 fully saturated rings. The molecule has 0 radical (unpaired) electrons. The first-order chi connectivity index (χ1) is 10.1. The number of benzene rings is 1. The largest absolute Gasteiger partial charge is 0.465 e. The lowest BCUT2D eigenvalue weighted by Gasteiger charge is -2.21. The molecule has 1 aliphatic rings. The van der Waals surface area contributed by atoms with Gasteiger partial charge in [0.25, 0.3) is 0 Å². The fraction of sp³-hybridized carbons (Fsp3) is 0.588. The fourth-order valence-electron chi connectivity index (χ4n) is 2.67. The topological polar surface area (TPSA) is 47.6 Å². The molecule has 0 amide bonds. The van der Waals surface area contributed by atoms with E-state index in [1.165, 1.54) is 0 Å². The van der Waals surface area contributed by atoms with Crippen LogP contribution in [0.15, 0.2) is 18.2 Å². The van der Waals surface area contributed by atoms with Gasteiger partial charge in [0.1, 0.15) is 6.04 Å². The summed E-state index contributed by atoms with van der Waals surface area (Å²) in [6.07, 6.45) is 2.35. The molecule has 0 saturated carbocycles. The minimum Gasteiger partial charge on any atom is -0.465 e. The average molecular weight is 291 g/mol. The number of carbonyl (C=O) groups excluding carboxylic acids is 1. The first-order valence-electron chi connectivity index (χ1n) is 7.70. The molecule has 2 unspecified atom stereocenters. The van der Waals surface area contributed by atoms with Gasteiger partial charge in [-0.1, -0.05) is 23.8 Å². The Morgan fingerprint density at radius 3 is 2.95 bits per heavy atom. The van der Waals surface area contributed by atoms with Gasteiger partial charge in [0.05, 0.1) is 12.7 Å². The van der Waals surface area contributed by atoms with Gasteiger partial charge in [-0.05, 0) is 44.7 Å².